The molecule has 164 valence electrons. The number of pyridine rings is 1. The van der Waals surface area contributed by atoms with E-state index in [4.69, 9.17) is 9.47 Å². The predicted molar refractivity (Wildman–Crippen MR) is 125 cm³/mol. The summed E-state index contributed by atoms with van der Waals surface area (Å²) < 4.78 is 11.0. The third-order valence-electron chi connectivity index (χ3n) is 6.76. The molecule has 5 rings (SSSR count). The molecule has 2 aromatic carbocycles. The van der Waals surface area contributed by atoms with Crippen LogP contribution in [-0.2, 0) is 11.3 Å². The van der Waals surface area contributed by atoms with Gasteiger partial charge in [-0.05, 0) is 72.1 Å². The van der Waals surface area contributed by atoms with E-state index >= 15 is 0 Å². The van der Waals surface area contributed by atoms with Crippen LogP contribution in [0.5, 0.6) is 5.75 Å². The number of aromatic nitrogens is 1. The fraction of sp³-hybridized carbons (Fsp3) is 0.333. The topological polar surface area (TPSA) is 51.7 Å². The van der Waals surface area contributed by atoms with Gasteiger partial charge in [-0.1, -0.05) is 36.4 Å². The summed E-state index contributed by atoms with van der Waals surface area (Å²) in [6.45, 7) is 1.80. The minimum atomic E-state index is -0.216. The Morgan fingerprint density at radius 2 is 2.00 bits per heavy atom. The number of piperidine rings is 1. The van der Waals surface area contributed by atoms with E-state index < -0.39 is 0 Å². The first-order valence-corrected chi connectivity index (χ1v) is 11.3. The van der Waals surface area contributed by atoms with Crippen molar-refractivity contribution in [3.05, 3.63) is 78.0 Å². The maximum atomic E-state index is 12.7. The van der Waals surface area contributed by atoms with Crippen molar-refractivity contribution < 1.29 is 14.3 Å². The van der Waals surface area contributed by atoms with Crippen molar-refractivity contribution in [1.82, 2.24) is 9.88 Å². The molecule has 2 atom stereocenters. The number of methoxy groups -OCH3 is 1. The summed E-state index contributed by atoms with van der Waals surface area (Å²) in [5.74, 6) is 1.82. The monoisotopic (exact) mass is 428 g/mol. The summed E-state index contributed by atoms with van der Waals surface area (Å²) in [5, 5.41) is 1.12. The van der Waals surface area contributed by atoms with Gasteiger partial charge >= 0.3 is 6.09 Å². The number of carbonyl (C=O) groups excluding carboxylic acids is 1. The van der Waals surface area contributed by atoms with Crippen LogP contribution in [0.2, 0.25) is 0 Å². The summed E-state index contributed by atoms with van der Waals surface area (Å²) >= 11 is 0. The number of fused-ring (bicyclic) bond motifs is 2. The van der Waals surface area contributed by atoms with Gasteiger partial charge in [0.25, 0.3) is 0 Å². The average Bonchev–Trinajstić information content (AvgIpc) is 2.86. The minimum absolute atomic E-state index is 0.216. The first kappa shape index (κ1) is 20.6. The molecule has 3 aromatic rings. The molecule has 5 nitrogen and oxygen atoms in total. The molecular formula is C27H28N2O3. The Morgan fingerprint density at radius 3 is 2.84 bits per heavy atom. The molecule has 1 saturated heterocycles. The number of likely N-dealkylation sites (tertiary alicyclic amines) is 1. The van der Waals surface area contributed by atoms with E-state index in [1.165, 1.54) is 11.1 Å². The van der Waals surface area contributed by atoms with Crippen LogP contribution in [0.4, 0.5) is 4.79 Å². The van der Waals surface area contributed by atoms with Crippen molar-refractivity contribution in [3.8, 4) is 5.75 Å². The molecule has 0 N–H and O–H groups in total. The summed E-state index contributed by atoms with van der Waals surface area (Å²) in [7, 11) is 1.69. The second-order valence-corrected chi connectivity index (χ2v) is 8.67. The van der Waals surface area contributed by atoms with Gasteiger partial charge in [0.1, 0.15) is 12.4 Å². The Balaban J connectivity index is 1.33. The van der Waals surface area contributed by atoms with Crippen molar-refractivity contribution in [3.63, 3.8) is 0 Å². The summed E-state index contributed by atoms with van der Waals surface area (Å²) in [4.78, 5) is 19.1. The van der Waals surface area contributed by atoms with E-state index in [2.05, 4.69) is 23.2 Å². The van der Waals surface area contributed by atoms with E-state index in [1.54, 1.807) is 7.11 Å². The van der Waals surface area contributed by atoms with Gasteiger partial charge in [0.2, 0.25) is 0 Å². The summed E-state index contributed by atoms with van der Waals surface area (Å²) in [6.07, 6.45) is 7.28. The van der Waals surface area contributed by atoms with Gasteiger partial charge < -0.3 is 14.4 Å². The van der Waals surface area contributed by atoms with Crippen LogP contribution in [0.15, 0.2) is 66.9 Å². The van der Waals surface area contributed by atoms with Crippen molar-refractivity contribution in [1.29, 1.82) is 0 Å². The van der Waals surface area contributed by atoms with E-state index in [0.717, 1.165) is 48.0 Å². The molecule has 1 fully saturated rings. The van der Waals surface area contributed by atoms with Gasteiger partial charge in [0.05, 0.1) is 12.6 Å². The molecule has 2 aliphatic rings. The average molecular weight is 429 g/mol. The second kappa shape index (κ2) is 9.03. The molecule has 32 heavy (non-hydrogen) atoms. The lowest BCUT2D eigenvalue weighted by atomic mass is 9.75. The van der Waals surface area contributed by atoms with Crippen LogP contribution < -0.4 is 4.74 Å². The number of hydrogen-bond donors (Lipinski definition) is 0. The van der Waals surface area contributed by atoms with E-state index in [9.17, 15) is 4.79 Å². The Morgan fingerprint density at radius 1 is 1.12 bits per heavy atom. The number of benzene rings is 2. The quantitative estimate of drug-likeness (QED) is 0.535. The summed E-state index contributed by atoms with van der Waals surface area (Å²) in [5.41, 5.74) is 4.54. The van der Waals surface area contributed by atoms with Gasteiger partial charge in [-0.25, -0.2) is 4.79 Å². The zero-order chi connectivity index (χ0) is 21.9. The molecule has 0 spiro atoms. The molecule has 0 bridgehead atoms. The first-order chi connectivity index (χ1) is 15.7. The Kier molecular flexibility index (Phi) is 5.80. The second-order valence-electron chi connectivity index (χ2n) is 8.67. The lowest BCUT2D eigenvalue weighted by molar-refractivity contribution is 0.0702. The minimum Gasteiger partial charge on any atom is -0.497 e. The molecule has 1 aliphatic carbocycles. The fourth-order valence-corrected chi connectivity index (χ4v) is 4.99. The predicted octanol–water partition coefficient (Wildman–Crippen LogP) is 5.70. The Labute approximate surface area is 188 Å². The molecule has 1 aromatic heterocycles. The van der Waals surface area contributed by atoms with Gasteiger partial charge in [-0.2, -0.15) is 0 Å². The highest BCUT2D eigenvalue weighted by atomic mass is 16.6. The van der Waals surface area contributed by atoms with Crippen molar-refractivity contribution in [2.75, 3.05) is 20.2 Å². The van der Waals surface area contributed by atoms with Gasteiger partial charge in [-0.3, -0.25) is 4.98 Å². The van der Waals surface area contributed by atoms with Crippen LogP contribution in [-0.4, -0.2) is 36.2 Å². The molecule has 1 aliphatic heterocycles. The molecular weight excluding hydrogens is 400 g/mol. The highest BCUT2D eigenvalue weighted by Gasteiger charge is 2.33. The van der Waals surface area contributed by atoms with E-state index in [0.29, 0.717) is 25.0 Å². The van der Waals surface area contributed by atoms with Gasteiger partial charge in [0.15, 0.2) is 0 Å². The number of rotatable bonds is 4. The highest BCUT2D eigenvalue weighted by Crippen LogP contribution is 2.40. The third-order valence-corrected chi connectivity index (χ3v) is 6.76. The molecule has 1 amide bonds. The number of hydrogen-bond acceptors (Lipinski definition) is 4. The standard InChI is InChI=1S/C27H28N2O3/c1-31-23-9-10-26-25(16-23)24(11-13-28-26)21-8-7-20-12-14-29(17-22(20)15-21)27(30)32-18-19-5-3-2-4-6-19/h2-6,9-11,13,15-16,20,22H,7-8,12,14,17-18H2,1H3. The number of nitrogens with zero attached hydrogens (tertiary/aromatic N) is 2. The number of allylic oxidation sites excluding steroid dienone is 1. The van der Waals surface area contributed by atoms with Crippen LogP contribution in [0, 0.1) is 11.8 Å². The number of amides is 1. The third kappa shape index (κ3) is 4.20. The van der Waals surface area contributed by atoms with Crippen LogP contribution >= 0.6 is 0 Å². The van der Waals surface area contributed by atoms with Crippen molar-refractivity contribution >= 4 is 22.6 Å². The number of ether oxygens (including phenoxy) is 2. The molecule has 5 heteroatoms. The largest absolute Gasteiger partial charge is 0.497 e. The van der Waals surface area contributed by atoms with Gasteiger partial charge in [-0.15, -0.1) is 0 Å². The highest BCUT2D eigenvalue weighted by molar-refractivity contribution is 5.92. The summed E-state index contributed by atoms with van der Waals surface area (Å²) in [6, 6.07) is 18.0. The molecule has 2 unspecified atom stereocenters. The fourth-order valence-electron chi connectivity index (χ4n) is 4.99. The van der Waals surface area contributed by atoms with Crippen molar-refractivity contribution in [2.24, 2.45) is 11.8 Å². The zero-order valence-electron chi connectivity index (χ0n) is 18.4. The zero-order valence-corrected chi connectivity index (χ0v) is 18.4. The number of carbonyl (C=O) groups is 1. The van der Waals surface area contributed by atoms with E-state index in [-0.39, 0.29) is 6.09 Å². The maximum absolute atomic E-state index is 12.7. The van der Waals surface area contributed by atoms with Crippen LogP contribution in [0.25, 0.3) is 16.5 Å². The maximum Gasteiger partial charge on any atom is 0.410 e. The lowest BCUT2D eigenvalue weighted by Crippen LogP contribution is -2.44. The first-order valence-electron chi connectivity index (χ1n) is 11.3. The van der Waals surface area contributed by atoms with Crippen LogP contribution in [0.3, 0.4) is 0 Å². The SMILES string of the molecule is COc1ccc2nccc(C3=CC4CN(C(=O)OCc5ccccc5)CCC4CC3)c2c1. The Bertz CT molecular complexity index is 1140. The Hall–Kier alpha value is -3.34. The smallest absolute Gasteiger partial charge is 0.410 e. The normalized spacial score (nSPS) is 20.4. The van der Waals surface area contributed by atoms with Gasteiger partial charge in [0, 0.05) is 24.7 Å². The van der Waals surface area contributed by atoms with Crippen LogP contribution in [0.1, 0.15) is 30.4 Å². The lowest BCUT2D eigenvalue weighted by Gasteiger charge is -2.39. The molecule has 0 saturated carbocycles. The molecule has 0 radical (unpaired) electrons. The van der Waals surface area contributed by atoms with E-state index in [1.807, 2.05) is 53.6 Å². The molecule has 2 heterocycles. The van der Waals surface area contributed by atoms with Crippen molar-refractivity contribution in [2.45, 2.75) is 25.9 Å².